The van der Waals surface area contributed by atoms with Gasteiger partial charge < -0.3 is 15.7 Å². The van der Waals surface area contributed by atoms with E-state index >= 15 is 0 Å². The molecule has 0 aromatic heterocycles. The molecule has 0 heterocycles. The van der Waals surface area contributed by atoms with Gasteiger partial charge in [0, 0.05) is 19.0 Å². The molecule has 0 saturated heterocycles. The van der Waals surface area contributed by atoms with Gasteiger partial charge in [-0.1, -0.05) is 36.8 Å². The highest BCUT2D eigenvalue weighted by Gasteiger charge is 2.19. The number of carboxylic acid groups (broad SMARTS) is 1. The number of urea groups is 1. The van der Waals surface area contributed by atoms with Gasteiger partial charge in [0.2, 0.25) is 0 Å². The fourth-order valence-electron chi connectivity index (χ4n) is 2.59. The quantitative estimate of drug-likeness (QED) is 0.690. The standard InChI is InChI=1S/C17H24N2O3/c20-16(21)10-9-15(11-13-5-2-1-3-6-13)19-17(22)18-12-14-7-4-8-14/h1-3,5-6,14-15H,4,7-12H2,(H,20,21)(H2,18,19,22). The smallest absolute Gasteiger partial charge is 0.315 e. The number of hydrogen-bond donors (Lipinski definition) is 3. The lowest BCUT2D eigenvalue weighted by Crippen LogP contribution is -2.45. The third-order valence-corrected chi connectivity index (χ3v) is 4.14. The molecule has 5 heteroatoms. The molecule has 2 rings (SSSR count). The fourth-order valence-corrected chi connectivity index (χ4v) is 2.59. The van der Waals surface area contributed by atoms with Gasteiger partial charge in [-0.05, 0) is 37.2 Å². The number of nitrogens with one attached hydrogen (secondary N) is 2. The van der Waals surface area contributed by atoms with Crippen molar-refractivity contribution >= 4 is 12.0 Å². The van der Waals surface area contributed by atoms with E-state index in [1.165, 1.54) is 19.3 Å². The summed E-state index contributed by atoms with van der Waals surface area (Å²) in [5, 5.41) is 14.7. The van der Waals surface area contributed by atoms with Crippen LogP contribution in [0.4, 0.5) is 4.79 Å². The molecule has 1 fully saturated rings. The molecule has 1 unspecified atom stereocenters. The number of hydrogen-bond acceptors (Lipinski definition) is 2. The summed E-state index contributed by atoms with van der Waals surface area (Å²) >= 11 is 0. The first-order valence-electron chi connectivity index (χ1n) is 7.93. The van der Waals surface area contributed by atoms with Gasteiger partial charge in [0.15, 0.2) is 0 Å². The molecule has 3 N–H and O–H groups in total. The second-order valence-corrected chi connectivity index (χ2v) is 5.97. The predicted molar refractivity (Wildman–Crippen MR) is 84.7 cm³/mol. The van der Waals surface area contributed by atoms with Gasteiger partial charge in [-0.15, -0.1) is 0 Å². The van der Waals surface area contributed by atoms with Crippen molar-refractivity contribution in [1.29, 1.82) is 0 Å². The number of aliphatic carboxylic acids is 1. The molecular weight excluding hydrogens is 280 g/mol. The van der Waals surface area contributed by atoms with E-state index in [1.807, 2.05) is 30.3 Å². The Balaban J connectivity index is 1.82. The first kappa shape index (κ1) is 16.3. The van der Waals surface area contributed by atoms with Crippen molar-refractivity contribution in [2.24, 2.45) is 5.92 Å². The summed E-state index contributed by atoms with van der Waals surface area (Å²) in [6, 6.07) is 9.44. The van der Waals surface area contributed by atoms with E-state index in [0.717, 1.165) is 5.56 Å². The molecule has 0 bridgehead atoms. The summed E-state index contributed by atoms with van der Waals surface area (Å²) in [7, 11) is 0. The van der Waals surface area contributed by atoms with Gasteiger partial charge in [0.1, 0.15) is 0 Å². The number of benzene rings is 1. The molecule has 1 aromatic rings. The van der Waals surface area contributed by atoms with E-state index in [1.54, 1.807) is 0 Å². The van der Waals surface area contributed by atoms with E-state index in [4.69, 9.17) is 5.11 Å². The Morgan fingerprint density at radius 2 is 1.95 bits per heavy atom. The normalized spacial score (nSPS) is 15.6. The van der Waals surface area contributed by atoms with Crippen LogP contribution in [0.5, 0.6) is 0 Å². The molecule has 1 aromatic carbocycles. The Morgan fingerprint density at radius 3 is 2.55 bits per heavy atom. The largest absolute Gasteiger partial charge is 0.481 e. The topological polar surface area (TPSA) is 78.4 Å². The summed E-state index contributed by atoms with van der Waals surface area (Å²) in [5.74, 6) is -0.230. The molecule has 0 spiro atoms. The van der Waals surface area contributed by atoms with Crippen molar-refractivity contribution in [3.63, 3.8) is 0 Å². The Kier molecular flexibility index (Phi) is 6.25. The molecular formula is C17H24N2O3. The van der Waals surface area contributed by atoms with Crippen molar-refractivity contribution < 1.29 is 14.7 Å². The molecule has 2 amide bonds. The summed E-state index contributed by atoms with van der Waals surface area (Å²) in [6.07, 6.45) is 4.76. The van der Waals surface area contributed by atoms with Crippen molar-refractivity contribution in [2.75, 3.05) is 6.54 Å². The van der Waals surface area contributed by atoms with Crippen LogP contribution in [0.15, 0.2) is 30.3 Å². The minimum Gasteiger partial charge on any atom is -0.481 e. The maximum Gasteiger partial charge on any atom is 0.315 e. The Morgan fingerprint density at radius 1 is 1.23 bits per heavy atom. The van der Waals surface area contributed by atoms with E-state index in [-0.39, 0.29) is 18.5 Å². The van der Waals surface area contributed by atoms with Crippen LogP contribution in [0.2, 0.25) is 0 Å². The van der Waals surface area contributed by atoms with E-state index in [9.17, 15) is 9.59 Å². The summed E-state index contributed by atoms with van der Waals surface area (Å²) in [5.41, 5.74) is 1.09. The van der Waals surface area contributed by atoms with Crippen molar-refractivity contribution in [3.05, 3.63) is 35.9 Å². The molecule has 22 heavy (non-hydrogen) atoms. The minimum atomic E-state index is -0.838. The molecule has 1 aliphatic carbocycles. The highest BCUT2D eigenvalue weighted by Crippen LogP contribution is 2.25. The molecule has 1 saturated carbocycles. The van der Waals surface area contributed by atoms with E-state index < -0.39 is 5.97 Å². The van der Waals surface area contributed by atoms with Crippen LogP contribution in [-0.4, -0.2) is 29.7 Å². The highest BCUT2D eigenvalue weighted by molar-refractivity contribution is 5.74. The number of carboxylic acids is 1. The molecule has 0 radical (unpaired) electrons. The number of carbonyl (C=O) groups is 2. The van der Waals surface area contributed by atoms with Gasteiger partial charge >= 0.3 is 12.0 Å². The third kappa shape index (κ3) is 5.76. The van der Waals surface area contributed by atoms with Gasteiger partial charge in [-0.2, -0.15) is 0 Å². The Hall–Kier alpha value is -2.04. The van der Waals surface area contributed by atoms with Crippen molar-refractivity contribution in [3.8, 4) is 0 Å². The number of amides is 2. The second kappa shape index (κ2) is 8.41. The molecule has 1 atom stereocenters. The summed E-state index contributed by atoms with van der Waals surface area (Å²) in [4.78, 5) is 22.7. The first-order chi connectivity index (χ1) is 10.6. The summed E-state index contributed by atoms with van der Waals surface area (Å²) < 4.78 is 0. The van der Waals surface area contributed by atoms with Gasteiger partial charge in [0.25, 0.3) is 0 Å². The monoisotopic (exact) mass is 304 g/mol. The van der Waals surface area contributed by atoms with E-state index in [2.05, 4.69) is 10.6 Å². The van der Waals surface area contributed by atoms with Crippen LogP contribution in [0, 0.1) is 5.92 Å². The molecule has 5 nitrogen and oxygen atoms in total. The number of carbonyl (C=O) groups excluding carboxylic acids is 1. The average molecular weight is 304 g/mol. The number of rotatable bonds is 8. The third-order valence-electron chi connectivity index (χ3n) is 4.14. The maximum absolute atomic E-state index is 12.0. The van der Waals surface area contributed by atoms with Gasteiger partial charge in [0.05, 0.1) is 0 Å². The SMILES string of the molecule is O=C(O)CCC(Cc1ccccc1)NC(=O)NCC1CCC1. The lowest BCUT2D eigenvalue weighted by atomic mass is 9.85. The fraction of sp³-hybridized carbons (Fsp3) is 0.529. The van der Waals surface area contributed by atoms with Crippen LogP contribution >= 0.6 is 0 Å². The van der Waals surface area contributed by atoms with Crippen LogP contribution < -0.4 is 10.6 Å². The van der Waals surface area contributed by atoms with Crippen molar-refractivity contribution in [2.45, 2.75) is 44.6 Å². The van der Waals surface area contributed by atoms with Gasteiger partial charge in [-0.3, -0.25) is 4.79 Å². The second-order valence-electron chi connectivity index (χ2n) is 5.97. The van der Waals surface area contributed by atoms with Crippen LogP contribution in [0.25, 0.3) is 0 Å². The summed E-state index contributed by atoms with van der Waals surface area (Å²) in [6.45, 7) is 0.711. The van der Waals surface area contributed by atoms with E-state index in [0.29, 0.717) is 25.3 Å². The van der Waals surface area contributed by atoms with Crippen LogP contribution in [-0.2, 0) is 11.2 Å². The lowest BCUT2D eigenvalue weighted by molar-refractivity contribution is -0.137. The first-order valence-corrected chi connectivity index (χ1v) is 7.93. The zero-order valence-electron chi connectivity index (χ0n) is 12.8. The zero-order chi connectivity index (χ0) is 15.8. The minimum absolute atomic E-state index is 0.0560. The molecule has 1 aliphatic rings. The molecule has 120 valence electrons. The lowest BCUT2D eigenvalue weighted by Gasteiger charge is -2.26. The van der Waals surface area contributed by atoms with Crippen molar-refractivity contribution in [1.82, 2.24) is 10.6 Å². The Bertz CT molecular complexity index is 486. The predicted octanol–water partition coefficient (Wildman–Crippen LogP) is 2.56. The van der Waals surface area contributed by atoms with Crippen LogP contribution in [0.1, 0.15) is 37.7 Å². The Labute approximate surface area is 131 Å². The zero-order valence-corrected chi connectivity index (χ0v) is 12.8. The van der Waals surface area contributed by atoms with Gasteiger partial charge in [-0.25, -0.2) is 4.79 Å². The average Bonchev–Trinajstić information content (AvgIpc) is 2.44. The highest BCUT2D eigenvalue weighted by atomic mass is 16.4. The molecule has 0 aliphatic heterocycles. The van der Waals surface area contributed by atoms with Crippen LogP contribution in [0.3, 0.4) is 0 Å². The maximum atomic E-state index is 12.0.